The fraction of sp³-hybridized carbons (Fsp3) is 0.833. The molecule has 0 aromatic carbocycles. The molecule has 0 amide bonds. The molecule has 3 heteroatoms. The summed E-state index contributed by atoms with van der Waals surface area (Å²) in [5.41, 5.74) is 0. The molecule has 0 atom stereocenters. The van der Waals surface area contributed by atoms with Crippen LogP contribution in [-0.4, -0.2) is 24.3 Å². The van der Waals surface area contributed by atoms with Gasteiger partial charge in [-0.25, -0.2) is 0 Å². The highest BCUT2D eigenvalue weighted by Gasteiger charge is 1.69. The fourth-order valence-corrected chi connectivity index (χ4v) is 0.0680. The molecular weight excluding hydrogens is 120 g/mol. The molecule has 0 heterocycles. The summed E-state index contributed by atoms with van der Waals surface area (Å²) in [6.45, 7) is 6.11. The number of carbonyl (C=O) groups excluding carboxylic acids is 1. The highest BCUT2D eigenvalue weighted by atomic mass is 16.5. The molecule has 0 saturated carbocycles. The molecule has 0 aromatic rings. The van der Waals surface area contributed by atoms with E-state index >= 15 is 0 Å². The minimum atomic E-state index is -0.167. The summed E-state index contributed by atoms with van der Waals surface area (Å²) in [6, 6.07) is 0. The van der Waals surface area contributed by atoms with Crippen LogP contribution >= 0.6 is 0 Å². The van der Waals surface area contributed by atoms with E-state index in [4.69, 9.17) is 5.11 Å². The second-order valence-corrected chi connectivity index (χ2v) is 1.65. The molecule has 0 bridgehead atoms. The Kier molecular flexibility index (Phi) is 13.0. The van der Waals surface area contributed by atoms with Crippen LogP contribution in [0, 0.1) is 0 Å². The van der Waals surface area contributed by atoms with Gasteiger partial charge in [0.05, 0.1) is 6.61 Å². The molecule has 0 aromatic heterocycles. The Labute approximate surface area is 55.6 Å². The molecule has 3 nitrogen and oxygen atoms in total. The van der Waals surface area contributed by atoms with Crippen LogP contribution in [0.3, 0.4) is 0 Å². The van der Waals surface area contributed by atoms with Crippen molar-refractivity contribution in [3.05, 3.63) is 0 Å². The molecule has 56 valence electrons. The van der Waals surface area contributed by atoms with Crippen LogP contribution in [-0.2, 0) is 9.53 Å². The van der Waals surface area contributed by atoms with E-state index in [1.54, 1.807) is 20.8 Å². The maximum Gasteiger partial charge on any atom is 0.293 e. The second kappa shape index (κ2) is 10.4. The van der Waals surface area contributed by atoms with Gasteiger partial charge in [-0.1, -0.05) is 0 Å². The van der Waals surface area contributed by atoms with Crippen LogP contribution < -0.4 is 0 Å². The Hall–Kier alpha value is -0.570. The summed E-state index contributed by atoms with van der Waals surface area (Å²) in [4.78, 5) is 9.18. The van der Waals surface area contributed by atoms with Crippen LogP contribution in [0.1, 0.15) is 20.8 Å². The molecule has 0 aliphatic rings. The summed E-state index contributed by atoms with van der Waals surface area (Å²) in [6.07, 6.45) is -0.167. The first-order valence-corrected chi connectivity index (χ1v) is 2.88. The van der Waals surface area contributed by atoms with Crippen LogP contribution in [0.2, 0.25) is 0 Å². The summed E-state index contributed by atoms with van der Waals surface area (Å²) >= 11 is 0. The average Bonchev–Trinajstić information content (AvgIpc) is 1.66. The fourth-order valence-electron chi connectivity index (χ4n) is 0.0680. The highest BCUT2D eigenvalue weighted by Crippen LogP contribution is 1.65. The van der Waals surface area contributed by atoms with Gasteiger partial charge < -0.3 is 9.84 Å². The topological polar surface area (TPSA) is 46.5 Å². The van der Waals surface area contributed by atoms with E-state index in [-0.39, 0.29) is 6.10 Å². The molecule has 0 spiro atoms. The van der Waals surface area contributed by atoms with E-state index in [1.807, 2.05) is 0 Å². The van der Waals surface area contributed by atoms with Crippen molar-refractivity contribution in [2.24, 2.45) is 0 Å². The van der Waals surface area contributed by atoms with Gasteiger partial charge in [0.1, 0.15) is 0 Å². The lowest BCUT2D eigenvalue weighted by Crippen LogP contribution is -1.85. The molecule has 0 aliphatic carbocycles. The molecule has 0 unspecified atom stereocenters. The van der Waals surface area contributed by atoms with Crippen molar-refractivity contribution in [3.63, 3.8) is 0 Å². The van der Waals surface area contributed by atoms with Crippen LogP contribution in [0.25, 0.3) is 0 Å². The van der Waals surface area contributed by atoms with Gasteiger partial charge in [-0.2, -0.15) is 0 Å². The lowest BCUT2D eigenvalue weighted by atomic mass is 10.5. The normalized spacial score (nSPS) is 7.67. The van der Waals surface area contributed by atoms with Gasteiger partial charge in [-0.05, 0) is 20.8 Å². The van der Waals surface area contributed by atoms with Crippen molar-refractivity contribution < 1.29 is 14.6 Å². The molecule has 0 fully saturated rings. The zero-order chi connectivity index (χ0) is 7.70. The molecule has 0 radical (unpaired) electrons. The average molecular weight is 134 g/mol. The van der Waals surface area contributed by atoms with Crippen molar-refractivity contribution in [3.8, 4) is 0 Å². The van der Waals surface area contributed by atoms with Crippen molar-refractivity contribution in [2.45, 2.75) is 26.9 Å². The summed E-state index contributed by atoms with van der Waals surface area (Å²) < 4.78 is 4.15. The number of carbonyl (C=O) groups is 1. The number of rotatable bonds is 2. The number of aliphatic hydroxyl groups excluding tert-OH is 1. The van der Waals surface area contributed by atoms with E-state index < -0.39 is 0 Å². The number of aliphatic hydroxyl groups is 1. The van der Waals surface area contributed by atoms with Crippen LogP contribution in [0.15, 0.2) is 0 Å². The Morgan fingerprint density at radius 1 is 1.67 bits per heavy atom. The zero-order valence-corrected chi connectivity index (χ0v) is 6.13. The van der Waals surface area contributed by atoms with Crippen molar-refractivity contribution in [1.29, 1.82) is 0 Å². The summed E-state index contributed by atoms with van der Waals surface area (Å²) in [5.74, 6) is 0. The number of ether oxygens (including phenoxy) is 1. The zero-order valence-electron chi connectivity index (χ0n) is 6.13. The Morgan fingerprint density at radius 2 is 2.00 bits per heavy atom. The first-order valence-electron chi connectivity index (χ1n) is 2.88. The lowest BCUT2D eigenvalue weighted by molar-refractivity contribution is -0.128. The van der Waals surface area contributed by atoms with Gasteiger partial charge in [0.25, 0.3) is 6.47 Å². The van der Waals surface area contributed by atoms with E-state index in [1.165, 1.54) is 0 Å². The smallest absolute Gasteiger partial charge is 0.293 e. The Morgan fingerprint density at radius 3 is 2.00 bits per heavy atom. The molecular formula is C6H14O3. The minimum Gasteiger partial charge on any atom is -0.468 e. The molecule has 9 heavy (non-hydrogen) atoms. The molecule has 0 rings (SSSR count). The van der Waals surface area contributed by atoms with Gasteiger partial charge >= 0.3 is 0 Å². The first-order chi connectivity index (χ1) is 4.15. The van der Waals surface area contributed by atoms with Crippen LogP contribution in [0.4, 0.5) is 0 Å². The van der Waals surface area contributed by atoms with E-state index in [9.17, 15) is 4.79 Å². The molecule has 0 saturated heterocycles. The van der Waals surface area contributed by atoms with Gasteiger partial charge in [0.15, 0.2) is 0 Å². The number of hydrogen-bond acceptors (Lipinski definition) is 3. The minimum absolute atomic E-state index is 0.167. The molecule has 0 aliphatic heterocycles. The summed E-state index contributed by atoms with van der Waals surface area (Å²) in [7, 11) is 0. The Bertz CT molecular complexity index is 49.5. The lowest BCUT2D eigenvalue weighted by Gasteiger charge is -1.80. The summed E-state index contributed by atoms with van der Waals surface area (Å²) in [5, 5.41) is 8.06. The maximum absolute atomic E-state index is 9.18. The predicted molar refractivity (Wildman–Crippen MR) is 35.0 cm³/mol. The maximum atomic E-state index is 9.18. The quantitative estimate of drug-likeness (QED) is 0.561. The van der Waals surface area contributed by atoms with Crippen molar-refractivity contribution in [2.75, 3.05) is 6.61 Å². The van der Waals surface area contributed by atoms with E-state index in [2.05, 4.69) is 4.74 Å². The third kappa shape index (κ3) is 107. The van der Waals surface area contributed by atoms with E-state index in [0.29, 0.717) is 13.1 Å². The third-order valence-electron chi connectivity index (χ3n) is 0.235. The monoisotopic (exact) mass is 134 g/mol. The van der Waals surface area contributed by atoms with Gasteiger partial charge in [-0.15, -0.1) is 0 Å². The second-order valence-electron chi connectivity index (χ2n) is 1.65. The standard InChI is InChI=1S/C3H6O2.C3H8O/c1-2-5-3-4;1-3(2)4/h3H,2H2,1H3;3-4H,1-2H3. The predicted octanol–water partition coefficient (Wildman–Crippen LogP) is 0.566. The van der Waals surface area contributed by atoms with Crippen LogP contribution in [0.5, 0.6) is 0 Å². The van der Waals surface area contributed by atoms with Gasteiger partial charge in [0.2, 0.25) is 0 Å². The SMILES string of the molecule is CC(C)O.CCOC=O. The van der Waals surface area contributed by atoms with Crippen molar-refractivity contribution >= 4 is 6.47 Å². The van der Waals surface area contributed by atoms with Crippen molar-refractivity contribution in [1.82, 2.24) is 0 Å². The number of hydrogen-bond donors (Lipinski definition) is 1. The molecule has 1 N–H and O–H groups in total. The van der Waals surface area contributed by atoms with E-state index in [0.717, 1.165) is 0 Å². The first kappa shape index (κ1) is 11.3. The largest absolute Gasteiger partial charge is 0.468 e. The highest BCUT2D eigenvalue weighted by molar-refractivity contribution is 5.36. The van der Waals surface area contributed by atoms with Gasteiger partial charge in [-0.3, -0.25) is 4.79 Å². The van der Waals surface area contributed by atoms with Gasteiger partial charge in [0, 0.05) is 6.10 Å². The Balaban J connectivity index is 0. The third-order valence-corrected chi connectivity index (χ3v) is 0.235.